The van der Waals surface area contributed by atoms with Crippen LogP contribution in [-0.2, 0) is 10.0 Å². The number of nitrogens with one attached hydrogen (secondary N) is 3. The zero-order valence-corrected chi connectivity index (χ0v) is 11.9. The largest absolute Gasteiger partial charge is 0.323 e. The summed E-state index contributed by atoms with van der Waals surface area (Å²) < 4.78 is 26.7. The van der Waals surface area contributed by atoms with Crippen LogP contribution in [0.15, 0.2) is 40.2 Å². The normalized spacial score (nSPS) is 11.7. The molecule has 10 heteroatoms. The van der Waals surface area contributed by atoms with Gasteiger partial charge in [-0.2, -0.15) is 0 Å². The molecule has 3 aromatic rings. The second-order valence-electron chi connectivity index (χ2n) is 4.09. The van der Waals surface area contributed by atoms with Crippen molar-refractivity contribution in [2.75, 3.05) is 4.72 Å². The number of aromatic nitrogens is 4. The van der Waals surface area contributed by atoms with E-state index in [2.05, 4.69) is 24.7 Å². The molecule has 3 rings (SSSR count). The number of hydrogen-bond acceptors (Lipinski definition) is 5. The van der Waals surface area contributed by atoms with Crippen molar-refractivity contribution in [2.45, 2.75) is 4.90 Å². The van der Waals surface area contributed by atoms with Crippen LogP contribution >= 0.6 is 11.6 Å². The first kappa shape index (κ1) is 13.6. The lowest BCUT2D eigenvalue weighted by Crippen LogP contribution is -2.15. The molecule has 3 N–H and O–H groups in total. The van der Waals surface area contributed by atoms with Crippen molar-refractivity contribution in [2.24, 2.45) is 0 Å². The number of benzene rings is 1. The van der Waals surface area contributed by atoms with Crippen LogP contribution < -0.4 is 10.4 Å². The minimum Gasteiger partial charge on any atom is -0.306 e. The Morgan fingerprint density at radius 1 is 1.14 bits per heavy atom. The Hall–Kier alpha value is -2.39. The van der Waals surface area contributed by atoms with E-state index in [0.29, 0.717) is 11.0 Å². The van der Waals surface area contributed by atoms with E-state index in [4.69, 9.17) is 11.6 Å². The Balaban J connectivity index is 2.01. The molecule has 0 radical (unpaired) electrons. The van der Waals surface area contributed by atoms with Crippen LogP contribution in [0.1, 0.15) is 0 Å². The number of sulfonamides is 1. The van der Waals surface area contributed by atoms with Crippen LogP contribution in [0.5, 0.6) is 0 Å². The monoisotopic (exact) mass is 325 g/mol. The Bertz CT molecular complexity index is 979. The predicted octanol–water partition coefficient (Wildman–Crippen LogP) is 1.10. The number of aromatic amines is 2. The maximum absolute atomic E-state index is 12.2. The van der Waals surface area contributed by atoms with E-state index < -0.39 is 15.7 Å². The lowest BCUT2D eigenvalue weighted by molar-refractivity contribution is 0.601. The molecule has 0 aliphatic heterocycles. The fourth-order valence-electron chi connectivity index (χ4n) is 1.74. The molecule has 108 valence electrons. The summed E-state index contributed by atoms with van der Waals surface area (Å²) in [4.78, 5) is 23.7. The fraction of sp³-hybridized carbons (Fsp3) is 0. The van der Waals surface area contributed by atoms with Crippen LogP contribution in [0.25, 0.3) is 11.0 Å². The number of halogens is 1. The van der Waals surface area contributed by atoms with Crippen LogP contribution in [-0.4, -0.2) is 28.4 Å². The van der Waals surface area contributed by atoms with Crippen LogP contribution in [0, 0.1) is 0 Å². The molecule has 8 nitrogen and oxygen atoms in total. The van der Waals surface area contributed by atoms with E-state index >= 15 is 0 Å². The molecular weight excluding hydrogens is 318 g/mol. The van der Waals surface area contributed by atoms with Crippen molar-refractivity contribution in [1.82, 2.24) is 19.9 Å². The summed E-state index contributed by atoms with van der Waals surface area (Å²) in [6.45, 7) is 0. The van der Waals surface area contributed by atoms with E-state index in [1.807, 2.05) is 0 Å². The number of hydrogen-bond donors (Lipinski definition) is 3. The number of anilines is 1. The molecule has 0 fully saturated rings. The second-order valence-corrected chi connectivity index (χ2v) is 6.16. The molecular formula is C11H8ClN5O3S. The molecule has 0 unspecified atom stereocenters. The first-order valence-corrected chi connectivity index (χ1v) is 7.53. The molecule has 0 spiro atoms. The van der Waals surface area contributed by atoms with Gasteiger partial charge in [-0.15, -0.1) is 0 Å². The standard InChI is InChI=1S/C11H8ClN5O3S/c12-9-3-4-13-10(16-9)17-21(19,20)6-1-2-7-8(5-6)15-11(18)14-7/h1-5H,(H,13,16,17)(H2,14,15,18). The topological polar surface area (TPSA) is 121 Å². The van der Waals surface area contributed by atoms with Gasteiger partial charge in [0.1, 0.15) is 5.15 Å². The molecule has 0 aliphatic rings. The van der Waals surface area contributed by atoms with Crippen molar-refractivity contribution in [3.63, 3.8) is 0 Å². The van der Waals surface area contributed by atoms with Crippen LogP contribution in [0.2, 0.25) is 5.15 Å². The zero-order valence-electron chi connectivity index (χ0n) is 10.3. The van der Waals surface area contributed by atoms with Crippen LogP contribution in [0.4, 0.5) is 5.95 Å². The van der Waals surface area contributed by atoms with E-state index in [1.165, 1.54) is 30.5 Å². The minimum atomic E-state index is -3.88. The van der Waals surface area contributed by atoms with Crippen LogP contribution in [0.3, 0.4) is 0 Å². The van der Waals surface area contributed by atoms with Crippen molar-refractivity contribution >= 4 is 38.6 Å². The third-order valence-electron chi connectivity index (χ3n) is 2.64. The van der Waals surface area contributed by atoms with Gasteiger partial charge in [0.2, 0.25) is 5.95 Å². The Morgan fingerprint density at radius 3 is 2.67 bits per heavy atom. The Morgan fingerprint density at radius 2 is 1.90 bits per heavy atom. The van der Waals surface area contributed by atoms with Crippen molar-refractivity contribution in [1.29, 1.82) is 0 Å². The zero-order chi connectivity index (χ0) is 15.0. The fourth-order valence-corrected chi connectivity index (χ4v) is 2.86. The molecule has 0 saturated heterocycles. The SMILES string of the molecule is O=c1[nH]c2ccc(S(=O)(=O)Nc3nccc(Cl)n3)cc2[nH]1. The van der Waals surface area contributed by atoms with E-state index in [0.717, 1.165) is 0 Å². The number of H-pyrrole nitrogens is 2. The van der Waals surface area contributed by atoms with Gasteiger partial charge in [-0.25, -0.2) is 27.9 Å². The maximum Gasteiger partial charge on any atom is 0.323 e. The number of fused-ring (bicyclic) bond motifs is 1. The van der Waals surface area contributed by atoms with Gasteiger partial charge in [-0.3, -0.25) is 0 Å². The molecule has 1 aromatic carbocycles. The highest BCUT2D eigenvalue weighted by molar-refractivity contribution is 7.92. The first-order valence-electron chi connectivity index (χ1n) is 5.67. The lowest BCUT2D eigenvalue weighted by Gasteiger charge is -2.06. The van der Waals surface area contributed by atoms with Gasteiger partial charge in [0.15, 0.2) is 0 Å². The van der Waals surface area contributed by atoms with Gasteiger partial charge in [-0.05, 0) is 24.3 Å². The highest BCUT2D eigenvalue weighted by Gasteiger charge is 2.16. The number of rotatable bonds is 3. The Labute approximate surface area is 123 Å². The third-order valence-corrected chi connectivity index (χ3v) is 4.18. The molecule has 2 aromatic heterocycles. The summed E-state index contributed by atoms with van der Waals surface area (Å²) in [6.07, 6.45) is 1.33. The smallest absolute Gasteiger partial charge is 0.306 e. The van der Waals surface area contributed by atoms with E-state index in [-0.39, 0.29) is 16.0 Å². The van der Waals surface area contributed by atoms with Crippen molar-refractivity contribution in [3.05, 3.63) is 46.1 Å². The molecule has 2 heterocycles. The minimum absolute atomic E-state index is 0.0335. The van der Waals surface area contributed by atoms with Gasteiger partial charge in [-0.1, -0.05) is 11.6 Å². The van der Waals surface area contributed by atoms with Gasteiger partial charge in [0, 0.05) is 6.20 Å². The highest BCUT2D eigenvalue weighted by atomic mass is 35.5. The summed E-state index contributed by atoms with van der Waals surface area (Å²) in [5.41, 5.74) is 0.485. The van der Waals surface area contributed by atoms with Crippen molar-refractivity contribution < 1.29 is 8.42 Å². The Kier molecular flexibility index (Phi) is 3.15. The van der Waals surface area contributed by atoms with Gasteiger partial charge in [0.05, 0.1) is 15.9 Å². The molecule has 0 saturated carbocycles. The lowest BCUT2D eigenvalue weighted by atomic mass is 10.3. The van der Waals surface area contributed by atoms with E-state index in [9.17, 15) is 13.2 Å². The predicted molar refractivity (Wildman–Crippen MR) is 76.8 cm³/mol. The van der Waals surface area contributed by atoms with Crippen molar-refractivity contribution in [3.8, 4) is 0 Å². The average molecular weight is 326 g/mol. The summed E-state index contributed by atoms with van der Waals surface area (Å²) in [5, 5.41) is 0.119. The van der Waals surface area contributed by atoms with Gasteiger partial charge >= 0.3 is 5.69 Å². The third kappa shape index (κ3) is 2.73. The molecule has 0 amide bonds. The quantitative estimate of drug-likeness (QED) is 0.623. The summed E-state index contributed by atoms with van der Waals surface area (Å²) >= 11 is 5.67. The van der Waals surface area contributed by atoms with E-state index in [1.54, 1.807) is 0 Å². The van der Waals surface area contributed by atoms with Gasteiger partial charge < -0.3 is 9.97 Å². The molecule has 21 heavy (non-hydrogen) atoms. The molecule has 0 atom stereocenters. The highest BCUT2D eigenvalue weighted by Crippen LogP contribution is 2.17. The summed E-state index contributed by atoms with van der Waals surface area (Å²) in [6, 6.07) is 5.61. The maximum atomic E-state index is 12.2. The average Bonchev–Trinajstić information content (AvgIpc) is 2.77. The number of nitrogens with zero attached hydrogens (tertiary/aromatic N) is 2. The van der Waals surface area contributed by atoms with Gasteiger partial charge in [0.25, 0.3) is 10.0 Å². The first-order chi connectivity index (χ1) is 9.94. The molecule has 0 bridgehead atoms. The second kappa shape index (κ2) is 4.86. The number of imidazole rings is 1. The molecule has 0 aliphatic carbocycles. The summed E-state index contributed by atoms with van der Waals surface area (Å²) in [5.74, 6) is -0.134. The summed E-state index contributed by atoms with van der Waals surface area (Å²) in [7, 11) is -3.88.